The number of fused-ring (bicyclic) bond motifs is 1. The van der Waals surface area contributed by atoms with Crippen molar-refractivity contribution in [2.75, 3.05) is 18.2 Å². The number of nitrogens with one attached hydrogen (secondary N) is 1. The summed E-state index contributed by atoms with van der Waals surface area (Å²) >= 11 is 0. The third kappa shape index (κ3) is 2.48. The van der Waals surface area contributed by atoms with Crippen LogP contribution < -0.4 is 15.8 Å². The number of hydrogen-bond acceptors (Lipinski definition) is 4. The van der Waals surface area contributed by atoms with Crippen LogP contribution in [0, 0.1) is 6.92 Å². The average Bonchev–Trinajstić information content (AvgIpc) is 2.51. The summed E-state index contributed by atoms with van der Waals surface area (Å²) in [5.74, 6) is 0.784. The Morgan fingerprint density at radius 3 is 2.76 bits per heavy atom. The predicted octanol–water partition coefficient (Wildman–Crippen LogP) is 3.88. The highest BCUT2D eigenvalue weighted by molar-refractivity contribution is 5.98. The summed E-state index contributed by atoms with van der Waals surface area (Å²) < 4.78 is 5.38. The van der Waals surface area contributed by atoms with E-state index >= 15 is 0 Å². The van der Waals surface area contributed by atoms with Crippen LogP contribution in [-0.4, -0.2) is 12.1 Å². The van der Waals surface area contributed by atoms with E-state index in [0.29, 0.717) is 5.69 Å². The topological polar surface area (TPSA) is 60.2 Å². The molecule has 106 valence electrons. The van der Waals surface area contributed by atoms with Crippen LogP contribution in [-0.2, 0) is 0 Å². The van der Waals surface area contributed by atoms with E-state index in [0.717, 1.165) is 33.6 Å². The van der Waals surface area contributed by atoms with Crippen LogP contribution >= 0.6 is 0 Å². The first-order valence-corrected chi connectivity index (χ1v) is 6.74. The first-order chi connectivity index (χ1) is 10.2. The Bertz CT molecular complexity index is 799. The Morgan fingerprint density at radius 1 is 1.10 bits per heavy atom. The van der Waals surface area contributed by atoms with Crippen molar-refractivity contribution in [3.05, 3.63) is 54.2 Å². The van der Waals surface area contributed by atoms with Gasteiger partial charge >= 0.3 is 0 Å². The zero-order chi connectivity index (χ0) is 14.8. The Labute approximate surface area is 123 Å². The average molecular weight is 279 g/mol. The highest BCUT2D eigenvalue weighted by Gasteiger charge is 2.08. The van der Waals surface area contributed by atoms with Crippen molar-refractivity contribution in [2.24, 2.45) is 0 Å². The van der Waals surface area contributed by atoms with Crippen LogP contribution in [0.1, 0.15) is 5.56 Å². The Balaban J connectivity index is 2.06. The molecule has 0 amide bonds. The molecule has 3 rings (SSSR count). The van der Waals surface area contributed by atoms with Crippen LogP contribution in [0.3, 0.4) is 0 Å². The van der Waals surface area contributed by atoms with Gasteiger partial charge < -0.3 is 15.8 Å². The van der Waals surface area contributed by atoms with Crippen LogP contribution in [0.25, 0.3) is 10.9 Å². The van der Waals surface area contributed by atoms with Crippen molar-refractivity contribution in [3.8, 4) is 5.75 Å². The van der Waals surface area contributed by atoms with E-state index in [1.54, 1.807) is 13.3 Å². The fourth-order valence-corrected chi connectivity index (χ4v) is 2.35. The van der Waals surface area contributed by atoms with Gasteiger partial charge in [0, 0.05) is 11.6 Å². The monoisotopic (exact) mass is 279 g/mol. The summed E-state index contributed by atoms with van der Waals surface area (Å²) in [5, 5.41) is 4.29. The molecule has 0 saturated heterocycles. The first kappa shape index (κ1) is 13.2. The van der Waals surface area contributed by atoms with Crippen molar-refractivity contribution in [1.82, 2.24) is 4.98 Å². The van der Waals surface area contributed by atoms with Gasteiger partial charge in [-0.25, -0.2) is 0 Å². The minimum absolute atomic E-state index is 0.684. The molecule has 0 saturated carbocycles. The molecule has 4 nitrogen and oxygen atoms in total. The van der Waals surface area contributed by atoms with Crippen molar-refractivity contribution in [3.63, 3.8) is 0 Å². The van der Waals surface area contributed by atoms with Crippen LogP contribution in [0.4, 0.5) is 17.1 Å². The molecule has 1 heterocycles. The first-order valence-electron chi connectivity index (χ1n) is 6.74. The number of hydrogen-bond donors (Lipinski definition) is 2. The van der Waals surface area contributed by atoms with Gasteiger partial charge in [-0.05, 0) is 48.9 Å². The predicted molar refractivity (Wildman–Crippen MR) is 87.2 cm³/mol. The summed E-state index contributed by atoms with van der Waals surface area (Å²) in [6.07, 6.45) is 1.76. The molecule has 0 bridgehead atoms. The van der Waals surface area contributed by atoms with E-state index in [2.05, 4.69) is 10.3 Å². The van der Waals surface area contributed by atoms with Crippen LogP contribution in [0.2, 0.25) is 0 Å². The van der Waals surface area contributed by atoms with E-state index in [1.165, 1.54) is 0 Å². The lowest BCUT2D eigenvalue weighted by atomic mass is 10.1. The number of pyridine rings is 1. The van der Waals surface area contributed by atoms with Gasteiger partial charge in [0.05, 0.1) is 29.7 Å². The summed E-state index contributed by atoms with van der Waals surface area (Å²) in [6.45, 7) is 2.04. The molecule has 0 aliphatic rings. The van der Waals surface area contributed by atoms with Gasteiger partial charge in [-0.1, -0.05) is 6.07 Å². The number of aromatic nitrogens is 1. The number of anilines is 3. The minimum Gasteiger partial charge on any atom is -0.495 e. The Kier molecular flexibility index (Phi) is 3.36. The van der Waals surface area contributed by atoms with Gasteiger partial charge in [0.1, 0.15) is 5.75 Å². The van der Waals surface area contributed by atoms with Crippen LogP contribution in [0.5, 0.6) is 5.75 Å². The van der Waals surface area contributed by atoms with Gasteiger partial charge in [-0.2, -0.15) is 0 Å². The SMILES string of the molecule is COc1ccc(C)cc1Nc1ccc2ncccc2c1N. The molecular formula is C17H17N3O. The third-order valence-electron chi connectivity index (χ3n) is 3.45. The molecule has 0 spiro atoms. The van der Waals surface area contributed by atoms with Gasteiger partial charge in [-0.3, -0.25) is 4.98 Å². The molecule has 0 unspecified atom stereocenters. The molecule has 0 radical (unpaired) electrons. The highest BCUT2D eigenvalue weighted by Crippen LogP contribution is 2.33. The van der Waals surface area contributed by atoms with E-state index in [1.807, 2.05) is 49.4 Å². The molecule has 3 aromatic rings. The molecule has 2 aromatic carbocycles. The maximum absolute atomic E-state index is 6.25. The standard InChI is InChI=1S/C17H17N3O/c1-11-5-8-16(21-2)15(10-11)20-14-7-6-13-12(17(14)18)4-3-9-19-13/h3-10,20H,18H2,1-2H3. The third-order valence-corrected chi connectivity index (χ3v) is 3.45. The summed E-state index contributed by atoms with van der Waals surface area (Å²) in [5.41, 5.74) is 10.7. The van der Waals surface area contributed by atoms with E-state index in [-0.39, 0.29) is 0 Å². The highest BCUT2D eigenvalue weighted by atomic mass is 16.5. The van der Waals surface area contributed by atoms with Crippen LogP contribution in [0.15, 0.2) is 48.7 Å². The second kappa shape index (κ2) is 5.32. The van der Waals surface area contributed by atoms with Crippen molar-refractivity contribution in [1.29, 1.82) is 0 Å². The molecule has 4 heteroatoms. The van der Waals surface area contributed by atoms with E-state index in [9.17, 15) is 0 Å². The second-order valence-corrected chi connectivity index (χ2v) is 4.93. The van der Waals surface area contributed by atoms with Crippen molar-refractivity contribution < 1.29 is 4.74 Å². The number of aryl methyl sites for hydroxylation is 1. The van der Waals surface area contributed by atoms with E-state index in [4.69, 9.17) is 10.5 Å². The number of nitrogen functional groups attached to an aromatic ring is 1. The zero-order valence-corrected chi connectivity index (χ0v) is 12.1. The number of nitrogens with zero attached hydrogens (tertiary/aromatic N) is 1. The number of ether oxygens (including phenoxy) is 1. The fourth-order valence-electron chi connectivity index (χ4n) is 2.35. The van der Waals surface area contributed by atoms with E-state index < -0.39 is 0 Å². The second-order valence-electron chi connectivity index (χ2n) is 4.93. The largest absolute Gasteiger partial charge is 0.495 e. The van der Waals surface area contributed by atoms with Gasteiger partial charge in [-0.15, -0.1) is 0 Å². The molecule has 0 aliphatic carbocycles. The number of nitrogens with two attached hydrogens (primary N) is 1. The lowest BCUT2D eigenvalue weighted by molar-refractivity contribution is 0.416. The van der Waals surface area contributed by atoms with Gasteiger partial charge in [0.2, 0.25) is 0 Å². The smallest absolute Gasteiger partial charge is 0.142 e. The number of methoxy groups -OCH3 is 1. The molecular weight excluding hydrogens is 262 g/mol. The van der Waals surface area contributed by atoms with Crippen molar-refractivity contribution in [2.45, 2.75) is 6.92 Å². The molecule has 0 aliphatic heterocycles. The number of benzene rings is 2. The lowest BCUT2D eigenvalue weighted by Gasteiger charge is -2.14. The number of rotatable bonds is 3. The van der Waals surface area contributed by atoms with Gasteiger partial charge in [0.15, 0.2) is 0 Å². The normalized spacial score (nSPS) is 10.6. The summed E-state index contributed by atoms with van der Waals surface area (Å²) in [6, 6.07) is 13.7. The Morgan fingerprint density at radius 2 is 1.95 bits per heavy atom. The maximum atomic E-state index is 6.25. The quantitative estimate of drug-likeness (QED) is 0.714. The van der Waals surface area contributed by atoms with Crippen molar-refractivity contribution >= 4 is 28.0 Å². The molecule has 0 atom stereocenters. The molecule has 3 N–H and O–H groups in total. The Hall–Kier alpha value is -2.75. The fraction of sp³-hybridized carbons (Fsp3) is 0.118. The summed E-state index contributed by atoms with van der Waals surface area (Å²) in [4.78, 5) is 4.31. The molecule has 0 fully saturated rings. The lowest BCUT2D eigenvalue weighted by Crippen LogP contribution is -1.99. The summed E-state index contributed by atoms with van der Waals surface area (Å²) in [7, 11) is 1.66. The molecule has 1 aromatic heterocycles. The molecule has 21 heavy (non-hydrogen) atoms. The maximum Gasteiger partial charge on any atom is 0.142 e. The minimum atomic E-state index is 0.684. The zero-order valence-electron chi connectivity index (χ0n) is 12.1. The van der Waals surface area contributed by atoms with Gasteiger partial charge in [0.25, 0.3) is 0 Å².